The van der Waals surface area contributed by atoms with Gasteiger partial charge in [-0.15, -0.1) is 0 Å². The van der Waals surface area contributed by atoms with Crippen LogP contribution in [0.1, 0.15) is 24.0 Å². The van der Waals surface area contributed by atoms with Crippen LogP contribution in [0.5, 0.6) is 0 Å². The molecule has 16 heavy (non-hydrogen) atoms. The van der Waals surface area contributed by atoms with Gasteiger partial charge in [-0.1, -0.05) is 6.07 Å². The van der Waals surface area contributed by atoms with Gasteiger partial charge in [0.1, 0.15) is 0 Å². The quantitative estimate of drug-likeness (QED) is 0.788. The second kappa shape index (κ2) is 3.74. The van der Waals surface area contributed by atoms with Crippen molar-refractivity contribution in [2.75, 3.05) is 0 Å². The van der Waals surface area contributed by atoms with Gasteiger partial charge < -0.3 is 4.98 Å². The molecule has 2 aromatic rings. The first-order valence-electron chi connectivity index (χ1n) is 5.59. The molecule has 1 heterocycles. The topological polar surface area (TPSA) is 32.9 Å². The summed E-state index contributed by atoms with van der Waals surface area (Å²) in [6, 6.07) is 4.06. The average molecular weight is 278 g/mol. The fourth-order valence-corrected chi connectivity index (χ4v) is 2.84. The number of aromatic amines is 1. The molecule has 1 aromatic heterocycles. The number of hydrogen-bond donors (Lipinski definition) is 1. The van der Waals surface area contributed by atoms with Crippen molar-refractivity contribution in [2.45, 2.75) is 25.7 Å². The molecule has 2 nitrogen and oxygen atoms in total. The lowest BCUT2D eigenvalue weighted by molar-refractivity contribution is 0.689. The van der Waals surface area contributed by atoms with E-state index in [4.69, 9.17) is 0 Å². The second-order valence-electron chi connectivity index (χ2n) is 4.30. The van der Waals surface area contributed by atoms with E-state index in [2.05, 4.69) is 27.0 Å². The van der Waals surface area contributed by atoms with E-state index in [0.29, 0.717) is 4.47 Å². The van der Waals surface area contributed by atoms with Gasteiger partial charge in [-0.05, 0) is 58.8 Å². The van der Waals surface area contributed by atoms with Gasteiger partial charge >= 0.3 is 0 Å². The van der Waals surface area contributed by atoms with Crippen LogP contribution in [0.25, 0.3) is 10.9 Å². The minimum absolute atomic E-state index is 0.0853. The van der Waals surface area contributed by atoms with E-state index in [1.807, 2.05) is 6.07 Å². The molecule has 0 amide bonds. The van der Waals surface area contributed by atoms with E-state index in [0.717, 1.165) is 23.7 Å². The summed E-state index contributed by atoms with van der Waals surface area (Å²) in [6.07, 6.45) is 6.47. The monoisotopic (exact) mass is 277 g/mol. The Hall–Kier alpha value is -1.09. The zero-order chi connectivity index (χ0) is 11.1. The molecule has 0 saturated heterocycles. The number of aromatic nitrogens is 1. The highest BCUT2D eigenvalue weighted by molar-refractivity contribution is 9.10. The Kier molecular flexibility index (Phi) is 2.36. The van der Waals surface area contributed by atoms with E-state index >= 15 is 0 Å². The fourth-order valence-electron chi connectivity index (χ4n) is 2.51. The number of H-pyrrole nitrogens is 1. The van der Waals surface area contributed by atoms with Gasteiger partial charge in [-0.3, -0.25) is 4.79 Å². The summed E-state index contributed by atoms with van der Waals surface area (Å²) in [7, 11) is 0. The summed E-state index contributed by atoms with van der Waals surface area (Å²) < 4.78 is 0.607. The number of aryl methyl sites for hydroxylation is 2. The van der Waals surface area contributed by atoms with Crippen molar-refractivity contribution in [2.24, 2.45) is 0 Å². The van der Waals surface area contributed by atoms with Crippen LogP contribution in [0.3, 0.4) is 0 Å². The number of rotatable bonds is 0. The van der Waals surface area contributed by atoms with E-state index in [1.165, 1.54) is 24.0 Å². The molecule has 0 spiro atoms. The first-order chi connectivity index (χ1) is 7.77. The number of benzene rings is 1. The van der Waals surface area contributed by atoms with E-state index in [1.54, 1.807) is 6.20 Å². The number of hydrogen-bond acceptors (Lipinski definition) is 1. The predicted molar refractivity (Wildman–Crippen MR) is 68.9 cm³/mol. The fraction of sp³-hybridized carbons (Fsp3) is 0.308. The van der Waals surface area contributed by atoms with E-state index in [9.17, 15) is 4.79 Å². The summed E-state index contributed by atoms with van der Waals surface area (Å²) in [4.78, 5) is 15.2. The summed E-state index contributed by atoms with van der Waals surface area (Å²) in [5.74, 6) is 0. The van der Waals surface area contributed by atoms with Crippen LogP contribution in [-0.2, 0) is 12.8 Å². The maximum atomic E-state index is 11.9. The Morgan fingerprint density at radius 3 is 2.88 bits per heavy atom. The maximum absolute atomic E-state index is 11.9. The van der Waals surface area contributed by atoms with Gasteiger partial charge in [0, 0.05) is 11.6 Å². The Bertz CT molecular complexity index is 615. The summed E-state index contributed by atoms with van der Waals surface area (Å²) >= 11 is 3.27. The Morgan fingerprint density at radius 1 is 1.19 bits per heavy atom. The molecular weight excluding hydrogens is 266 g/mol. The standard InChI is InChI=1S/C13H12BrNO/c14-11-7-15-12-9-4-2-1-3-8(9)5-6-10(12)13(11)16/h5-7H,1-4H2,(H,15,16). The lowest BCUT2D eigenvalue weighted by Gasteiger charge is -2.17. The smallest absolute Gasteiger partial charge is 0.203 e. The van der Waals surface area contributed by atoms with Crippen LogP contribution in [-0.4, -0.2) is 4.98 Å². The molecular formula is C13H12BrNO. The van der Waals surface area contributed by atoms with Gasteiger partial charge in [0.15, 0.2) is 0 Å². The van der Waals surface area contributed by atoms with Crippen LogP contribution < -0.4 is 5.43 Å². The number of halogens is 1. The first kappa shape index (κ1) is 10.1. The molecule has 82 valence electrons. The van der Waals surface area contributed by atoms with Gasteiger partial charge in [-0.2, -0.15) is 0 Å². The van der Waals surface area contributed by atoms with Crippen molar-refractivity contribution in [1.29, 1.82) is 0 Å². The zero-order valence-corrected chi connectivity index (χ0v) is 10.4. The first-order valence-corrected chi connectivity index (χ1v) is 6.38. The minimum Gasteiger partial charge on any atom is -0.360 e. The largest absolute Gasteiger partial charge is 0.360 e. The van der Waals surface area contributed by atoms with E-state index < -0.39 is 0 Å². The Morgan fingerprint density at radius 2 is 2.00 bits per heavy atom. The second-order valence-corrected chi connectivity index (χ2v) is 5.15. The third-order valence-electron chi connectivity index (χ3n) is 3.34. The molecule has 0 unspecified atom stereocenters. The highest BCUT2D eigenvalue weighted by Gasteiger charge is 2.14. The number of fused-ring (bicyclic) bond motifs is 3. The van der Waals surface area contributed by atoms with Crippen LogP contribution in [0.15, 0.2) is 27.6 Å². The number of nitrogens with one attached hydrogen (secondary N) is 1. The molecule has 1 aromatic carbocycles. The Labute approximate surface area is 102 Å². The number of pyridine rings is 1. The molecule has 1 aliphatic carbocycles. The molecule has 3 rings (SSSR count). The molecule has 0 radical (unpaired) electrons. The maximum Gasteiger partial charge on any atom is 0.203 e. The molecule has 0 saturated carbocycles. The molecule has 0 bridgehead atoms. The molecule has 3 heteroatoms. The molecule has 0 atom stereocenters. The van der Waals surface area contributed by atoms with E-state index in [-0.39, 0.29) is 5.43 Å². The highest BCUT2D eigenvalue weighted by Crippen LogP contribution is 2.26. The molecule has 1 aliphatic rings. The van der Waals surface area contributed by atoms with Gasteiger partial charge in [0.2, 0.25) is 5.43 Å². The van der Waals surface area contributed by atoms with Crippen molar-refractivity contribution >= 4 is 26.8 Å². The van der Waals surface area contributed by atoms with Crippen molar-refractivity contribution in [3.8, 4) is 0 Å². The highest BCUT2D eigenvalue weighted by atomic mass is 79.9. The lowest BCUT2D eigenvalue weighted by Crippen LogP contribution is -2.09. The Balaban J connectivity index is 2.41. The van der Waals surface area contributed by atoms with Gasteiger partial charge in [0.05, 0.1) is 9.99 Å². The van der Waals surface area contributed by atoms with Crippen molar-refractivity contribution < 1.29 is 0 Å². The van der Waals surface area contributed by atoms with Crippen LogP contribution in [0.4, 0.5) is 0 Å². The lowest BCUT2D eigenvalue weighted by atomic mass is 9.90. The summed E-state index contributed by atoms with van der Waals surface area (Å²) in [5.41, 5.74) is 3.86. The third-order valence-corrected chi connectivity index (χ3v) is 3.93. The normalized spacial score (nSPS) is 15.1. The van der Waals surface area contributed by atoms with Crippen molar-refractivity contribution in [1.82, 2.24) is 4.98 Å². The summed E-state index contributed by atoms with van der Waals surface area (Å²) in [6.45, 7) is 0. The van der Waals surface area contributed by atoms with Crippen molar-refractivity contribution in [3.05, 3.63) is 44.2 Å². The predicted octanol–water partition coefficient (Wildman–Crippen LogP) is 3.17. The van der Waals surface area contributed by atoms with Crippen LogP contribution in [0, 0.1) is 0 Å². The average Bonchev–Trinajstić information content (AvgIpc) is 2.33. The van der Waals surface area contributed by atoms with Crippen LogP contribution in [0.2, 0.25) is 0 Å². The molecule has 0 fully saturated rings. The van der Waals surface area contributed by atoms with Gasteiger partial charge in [0.25, 0.3) is 0 Å². The van der Waals surface area contributed by atoms with Crippen LogP contribution >= 0.6 is 15.9 Å². The molecule has 0 aliphatic heterocycles. The van der Waals surface area contributed by atoms with Crippen molar-refractivity contribution in [3.63, 3.8) is 0 Å². The zero-order valence-electron chi connectivity index (χ0n) is 8.85. The van der Waals surface area contributed by atoms with Gasteiger partial charge in [-0.25, -0.2) is 0 Å². The SMILES string of the molecule is O=c1c(Br)c[nH]c2c3c(ccc12)CCCC3. The molecule has 1 N–H and O–H groups in total. The minimum atomic E-state index is 0.0853. The third kappa shape index (κ3) is 1.42. The summed E-state index contributed by atoms with van der Waals surface area (Å²) in [5, 5.41) is 0.801.